The lowest BCUT2D eigenvalue weighted by atomic mass is 10.2. The maximum Gasteiger partial charge on any atom is 0.222 e. The van der Waals surface area contributed by atoms with E-state index in [1.54, 1.807) is 6.21 Å². The Labute approximate surface area is 117 Å². The summed E-state index contributed by atoms with van der Waals surface area (Å²) in [5, 5.41) is 4.20. The van der Waals surface area contributed by atoms with Crippen LogP contribution in [-0.4, -0.2) is 16.2 Å². The van der Waals surface area contributed by atoms with Gasteiger partial charge in [0.05, 0.1) is 17.2 Å². The largest absolute Gasteiger partial charge is 0.323 e. The van der Waals surface area contributed by atoms with Crippen molar-refractivity contribution in [2.75, 3.05) is 5.43 Å². The smallest absolute Gasteiger partial charge is 0.222 e. The molecule has 0 spiro atoms. The summed E-state index contributed by atoms with van der Waals surface area (Å²) in [4.78, 5) is 7.62. The normalized spacial score (nSPS) is 11.3. The standard InChI is InChI=1S/C16H16N4/c1-11-4-3-5-13(8-11)10-17-20-16-18-14-7-6-12(2)9-15(14)19-16/h3-10H,1-2H3,(H2,18,19,20)/b17-10-. The molecule has 0 radical (unpaired) electrons. The van der Waals surface area contributed by atoms with Crippen molar-refractivity contribution in [2.24, 2.45) is 5.10 Å². The van der Waals surface area contributed by atoms with Crippen LogP contribution in [0, 0.1) is 13.8 Å². The Morgan fingerprint density at radius 2 is 1.95 bits per heavy atom. The van der Waals surface area contributed by atoms with Crippen LogP contribution < -0.4 is 5.43 Å². The Morgan fingerprint density at radius 1 is 1.10 bits per heavy atom. The lowest BCUT2D eigenvalue weighted by molar-refractivity contribution is 1.21. The van der Waals surface area contributed by atoms with E-state index in [1.165, 1.54) is 11.1 Å². The van der Waals surface area contributed by atoms with E-state index in [4.69, 9.17) is 0 Å². The number of benzene rings is 2. The van der Waals surface area contributed by atoms with Crippen LogP contribution in [0.25, 0.3) is 11.0 Å². The van der Waals surface area contributed by atoms with E-state index >= 15 is 0 Å². The van der Waals surface area contributed by atoms with Crippen molar-refractivity contribution in [1.82, 2.24) is 9.97 Å². The average molecular weight is 264 g/mol. The van der Waals surface area contributed by atoms with Gasteiger partial charge >= 0.3 is 0 Å². The van der Waals surface area contributed by atoms with Gasteiger partial charge in [0.1, 0.15) is 0 Å². The van der Waals surface area contributed by atoms with Gasteiger partial charge in [-0.25, -0.2) is 10.4 Å². The number of hydrogen-bond acceptors (Lipinski definition) is 3. The summed E-state index contributed by atoms with van der Waals surface area (Å²) in [6.07, 6.45) is 1.78. The zero-order valence-corrected chi connectivity index (χ0v) is 11.5. The van der Waals surface area contributed by atoms with Crippen LogP contribution in [0.2, 0.25) is 0 Å². The van der Waals surface area contributed by atoms with Crippen molar-refractivity contribution >= 4 is 23.2 Å². The second-order valence-electron chi connectivity index (χ2n) is 4.89. The molecule has 1 aromatic heterocycles. The summed E-state index contributed by atoms with van der Waals surface area (Å²) < 4.78 is 0. The summed E-state index contributed by atoms with van der Waals surface area (Å²) >= 11 is 0. The predicted molar refractivity (Wildman–Crippen MR) is 83.2 cm³/mol. The molecule has 4 nitrogen and oxygen atoms in total. The van der Waals surface area contributed by atoms with E-state index in [-0.39, 0.29) is 0 Å². The highest BCUT2D eigenvalue weighted by atomic mass is 15.3. The van der Waals surface area contributed by atoms with Crippen molar-refractivity contribution < 1.29 is 0 Å². The molecule has 0 amide bonds. The van der Waals surface area contributed by atoms with Crippen molar-refractivity contribution in [3.8, 4) is 0 Å². The zero-order chi connectivity index (χ0) is 13.9. The molecular formula is C16H16N4. The molecule has 3 aromatic rings. The Balaban J connectivity index is 1.76. The van der Waals surface area contributed by atoms with Gasteiger partial charge in [0.2, 0.25) is 5.95 Å². The van der Waals surface area contributed by atoms with Crippen LogP contribution in [0.4, 0.5) is 5.95 Å². The van der Waals surface area contributed by atoms with Crippen LogP contribution in [0.5, 0.6) is 0 Å². The first-order valence-corrected chi connectivity index (χ1v) is 6.53. The van der Waals surface area contributed by atoms with Crippen molar-refractivity contribution in [3.05, 3.63) is 59.2 Å². The lowest BCUT2D eigenvalue weighted by Gasteiger charge is -1.96. The Hall–Kier alpha value is -2.62. The number of hydrogen-bond donors (Lipinski definition) is 2. The fourth-order valence-corrected chi connectivity index (χ4v) is 2.09. The quantitative estimate of drug-likeness (QED) is 0.560. The molecule has 0 aliphatic carbocycles. The average Bonchev–Trinajstić information content (AvgIpc) is 2.80. The molecule has 0 fully saturated rings. The first kappa shape index (κ1) is 12.4. The maximum atomic E-state index is 4.42. The van der Waals surface area contributed by atoms with E-state index < -0.39 is 0 Å². The first-order valence-electron chi connectivity index (χ1n) is 6.53. The third-order valence-corrected chi connectivity index (χ3v) is 3.06. The third kappa shape index (κ3) is 2.69. The highest BCUT2D eigenvalue weighted by Gasteiger charge is 2.00. The van der Waals surface area contributed by atoms with Crippen LogP contribution in [0.1, 0.15) is 16.7 Å². The molecule has 0 atom stereocenters. The lowest BCUT2D eigenvalue weighted by Crippen LogP contribution is -1.92. The number of hydrazone groups is 1. The van der Waals surface area contributed by atoms with Gasteiger partial charge in [-0.05, 0) is 37.1 Å². The minimum absolute atomic E-state index is 0.648. The third-order valence-electron chi connectivity index (χ3n) is 3.06. The van der Waals surface area contributed by atoms with E-state index in [1.807, 2.05) is 24.3 Å². The summed E-state index contributed by atoms with van der Waals surface area (Å²) in [7, 11) is 0. The fraction of sp³-hybridized carbons (Fsp3) is 0.125. The minimum atomic E-state index is 0.648. The number of H-pyrrole nitrogens is 1. The highest BCUT2D eigenvalue weighted by molar-refractivity contribution is 5.81. The topological polar surface area (TPSA) is 53.1 Å². The molecular weight excluding hydrogens is 248 g/mol. The number of imidazole rings is 1. The summed E-state index contributed by atoms with van der Waals surface area (Å²) in [6.45, 7) is 4.12. The number of rotatable bonds is 3. The van der Waals surface area contributed by atoms with Gasteiger partial charge < -0.3 is 4.98 Å². The van der Waals surface area contributed by atoms with Crippen LogP contribution >= 0.6 is 0 Å². The summed E-state index contributed by atoms with van der Waals surface area (Å²) in [6, 6.07) is 14.3. The van der Waals surface area contributed by atoms with Gasteiger partial charge in [-0.15, -0.1) is 0 Å². The van der Waals surface area contributed by atoms with Crippen molar-refractivity contribution in [3.63, 3.8) is 0 Å². The van der Waals surface area contributed by atoms with Gasteiger partial charge in [0.15, 0.2) is 0 Å². The number of aryl methyl sites for hydroxylation is 2. The molecule has 2 N–H and O–H groups in total. The molecule has 100 valence electrons. The van der Waals surface area contributed by atoms with E-state index in [9.17, 15) is 0 Å². The van der Waals surface area contributed by atoms with E-state index in [0.29, 0.717) is 5.95 Å². The molecule has 4 heteroatoms. The van der Waals surface area contributed by atoms with Gasteiger partial charge in [0.25, 0.3) is 0 Å². The molecule has 0 saturated carbocycles. The molecule has 0 bridgehead atoms. The second kappa shape index (κ2) is 5.17. The molecule has 20 heavy (non-hydrogen) atoms. The van der Waals surface area contributed by atoms with Gasteiger partial charge in [-0.3, -0.25) is 0 Å². The van der Waals surface area contributed by atoms with Crippen LogP contribution in [0.3, 0.4) is 0 Å². The number of fused-ring (bicyclic) bond motifs is 1. The number of anilines is 1. The van der Waals surface area contributed by atoms with Gasteiger partial charge in [0, 0.05) is 0 Å². The number of nitrogens with one attached hydrogen (secondary N) is 2. The fourth-order valence-electron chi connectivity index (χ4n) is 2.09. The number of aromatic amines is 1. The SMILES string of the molecule is Cc1cccc(/C=N\Nc2nc3ccc(C)cc3[nH]2)c1. The first-order chi connectivity index (χ1) is 9.70. The van der Waals surface area contributed by atoms with Crippen molar-refractivity contribution in [1.29, 1.82) is 0 Å². The van der Waals surface area contributed by atoms with E-state index in [2.05, 4.69) is 52.5 Å². The Bertz CT molecular complexity index is 771. The monoisotopic (exact) mass is 264 g/mol. The Kier molecular flexibility index (Phi) is 3.21. The molecule has 0 aliphatic rings. The minimum Gasteiger partial charge on any atom is -0.323 e. The van der Waals surface area contributed by atoms with Crippen molar-refractivity contribution in [2.45, 2.75) is 13.8 Å². The molecule has 0 unspecified atom stereocenters. The highest BCUT2D eigenvalue weighted by Crippen LogP contribution is 2.15. The van der Waals surface area contributed by atoms with Gasteiger partial charge in [-0.1, -0.05) is 35.9 Å². The van der Waals surface area contributed by atoms with Crippen LogP contribution in [-0.2, 0) is 0 Å². The zero-order valence-electron chi connectivity index (χ0n) is 11.5. The predicted octanol–water partition coefficient (Wildman–Crippen LogP) is 3.63. The Morgan fingerprint density at radius 3 is 2.80 bits per heavy atom. The molecule has 3 rings (SSSR count). The molecule has 1 heterocycles. The summed E-state index contributed by atoms with van der Waals surface area (Å²) in [5.41, 5.74) is 8.35. The molecule has 0 saturated heterocycles. The van der Waals surface area contributed by atoms with Gasteiger partial charge in [-0.2, -0.15) is 5.10 Å². The molecule has 2 aromatic carbocycles. The van der Waals surface area contributed by atoms with Crippen LogP contribution in [0.15, 0.2) is 47.6 Å². The number of nitrogens with zero attached hydrogens (tertiary/aromatic N) is 2. The summed E-state index contributed by atoms with van der Waals surface area (Å²) in [5.74, 6) is 0.648. The second-order valence-corrected chi connectivity index (χ2v) is 4.89. The molecule has 0 aliphatic heterocycles. The van der Waals surface area contributed by atoms with E-state index in [0.717, 1.165) is 16.6 Å². The number of aromatic nitrogens is 2. The maximum absolute atomic E-state index is 4.42.